The molecule has 2 heterocycles. The number of halogens is 5. The molecule has 4 rings (SSSR count). The molecule has 2 aliphatic rings. The predicted octanol–water partition coefficient (Wildman–Crippen LogP) is 5.87. The number of amides is 1. The van der Waals surface area contributed by atoms with E-state index in [1.807, 2.05) is 6.92 Å². The van der Waals surface area contributed by atoms with Crippen molar-refractivity contribution in [1.29, 1.82) is 0 Å². The van der Waals surface area contributed by atoms with Crippen molar-refractivity contribution in [3.63, 3.8) is 0 Å². The lowest BCUT2D eigenvalue weighted by molar-refractivity contribution is -0.214. The molecule has 0 saturated carbocycles. The molecular formula is C24H21Cl2F3N2O4. The Kier molecular flexibility index (Phi) is 6.87. The number of ketones is 1. The molecule has 6 nitrogen and oxygen atoms in total. The number of carbonyl (C=O) groups excluding carboxylic acids is 2. The summed E-state index contributed by atoms with van der Waals surface area (Å²) >= 11 is 12.3. The van der Waals surface area contributed by atoms with Gasteiger partial charge in [0.15, 0.2) is 11.4 Å². The van der Waals surface area contributed by atoms with Crippen LogP contribution >= 0.6 is 23.2 Å². The van der Waals surface area contributed by atoms with Crippen LogP contribution in [0.2, 0.25) is 10.0 Å². The monoisotopic (exact) mass is 528 g/mol. The SMILES string of the molecule is Cc1cc(C2=NO[C@](C)(c3cc(Cl)cc(Cl)c3)C2)ccc1C(=O)C[C@@H]1CON(CC(F)(F)F)C1=O. The van der Waals surface area contributed by atoms with E-state index in [-0.39, 0.29) is 23.9 Å². The van der Waals surface area contributed by atoms with Gasteiger partial charge in [-0.2, -0.15) is 13.2 Å². The van der Waals surface area contributed by atoms with Gasteiger partial charge < -0.3 is 4.84 Å². The summed E-state index contributed by atoms with van der Waals surface area (Å²) in [6.07, 6.45) is -4.38. The number of hydrogen-bond acceptors (Lipinski definition) is 5. The molecule has 1 saturated heterocycles. The smallest absolute Gasteiger partial charge is 0.384 e. The van der Waals surface area contributed by atoms with E-state index in [0.29, 0.717) is 33.3 Å². The van der Waals surface area contributed by atoms with Crippen molar-refractivity contribution in [2.45, 2.75) is 38.5 Å². The van der Waals surface area contributed by atoms with E-state index in [4.69, 9.17) is 32.9 Å². The molecular weight excluding hydrogens is 508 g/mol. The molecule has 186 valence electrons. The molecule has 2 aromatic rings. The Morgan fingerprint density at radius 1 is 1.20 bits per heavy atom. The van der Waals surface area contributed by atoms with Crippen LogP contribution in [0.15, 0.2) is 41.6 Å². The molecule has 1 fully saturated rings. The first-order valence-electron chi connectivity index (χ1n) is 10.7. The topological polar surface area (TPSA) is 68.2 Å². The average Bonchev–Trinajstić information content (AvgIpc) is 3.31. The molecule has 0 aromatic heterocycles. The van der Waals surface area contributed by atoms with E-state index in [9.17, 15) is 22.8 Å². The van der Waals surface area contributed by atoms with Crippen LogP contribution in [-0.4, -0.2) is 41.8 Å². The van der Waals surface area contributed by atoms with Gasteiger partial charge >= 0.3 is 6.18 Å². The van der Waals surface area contributed by atoms with E-state index >= 15 is 0 Å². The molecule has 2 aromatic carbocycles. The highest BCUT2D eigenvalue weighted by Gasteiger charge is 2.42. The number of carbonyl (C=O) groups is 2. The highest BCUT2D eigenvalue weighted by atomic mass is 35.5. The minimum atomic E-state index is -4.58. The van der Waals surface area contributed by atoms with Crippen molar-refractivity contribution >= 4 is 40.6 Å². The zero-order valence-corrected chi connectivity index (χ0v) is 20.3. The number of hydrogen-bond donors (Lipinski definition) is 0. The summed E-state index contributed by atoms with van der Waals surface area (Å²) < 4.78 is 37.7. The lowest BCUT2D eigenvalue weighted by atomic mass is 9.88. The molecule has 0 bridgehead atoms. The van der Waals surface area contributed by atoms with E-state index in [1.54, 1.807) is 43.3 Å². The van der Waals surface area contributed by atoms with Gasteiger partial charge in [-0.15, -0.1) is 0 Å². The number of oxime groups is 1. The number of benzene rings is 2. The Labute approximate surface area is 209 Å². The lowest BCUT2D eigenvalue weighted by Gasteiger charge is -2.22. The Hall–Kier alpha value is -2.62. The third-order valence-corrected chi connectivity index (χ3v) is 6.41. The number of Topliss-reactive ketones (excluding diaryl/α,β-unsaturated/α-hetero) is 1. The molecule has 2 atom stereocenters. The van der Waals surface area contributed by atoms with Gasteiger partial charge in [0, 0.05) is 34.0 Å². The van der Waals surface area contributed by atoms with E-state index in [2.05, 4.69) is 5.16 Å². The van der Waals surface area contributed by atoms with Crippen molar-refractivity contribution in [1.82, 2.24) is 5.06 Å². The van der Waals surface area contributed by atoms with Crippen molar-refractivity contribution in [2.24, 2.45) is 11.1 Å². The molecule has 11 heteroatoms. The first kappa shape index (κ1) is 25.5. The average molecular weight is 529 g/mol. The molecule has 0 spiro atoms. The van der Waals surface area contributed by atoms with Crippen LogP contribution in [0.5, 0.6) is 0 Å². The van der Waals surface area contributed by atoms with Gasteiger partial charge in [0.2, 0.25) is 0 Å². The van der Waals surface area contributed by atoms with Gasteiger partial charge in [0.05, 0.1) is 18.2 Å². The van der Waals surface area contributed by atoms with Gasteiger partial charge in [-0.25, -0.2) is 5.06 Å². The number of rotatable bonds is 6. The Morgan fingerprint density at radius 3 is 2.51 bits per heavy atom. The molecule has 35 heavy (non-hydrogen) atoms. The third kappa shape index (κ3) is 5.63. The fourth-order valence-electron chi connectivity index (χ4n) is 4.15. The van der Waals surface area contributed by atoms with Crippen molar-refractivity contribution < 1.29 is 32.4 Å². The van der Waals surface area contributed by atoms with Crippen LogP contribution < -0.4 is 0 Å². The summed E-state index contributed by atoms with van der Waals surface area (Å²) in [7, 11) is 0. The predicted molar refractivity (Wildman–Crippen MR) is 123 cm³/mol. The van der Waals surface area contributed by atoms with Crippen LogP contribution in [0.4, 0.5) is 13.2 Å². The van der Waals surface area contributed by atoms with Gasteiger partial charge in [-0.1, -0.05) is 40.5 Å². The minimum Gasteiger partial charge on any atom is -0.384 e. The van der Waals surface area contributed by atoms with Crippen LogP contribution in [-0.2, 0) is 20.1 Å². The summed E-state index contributed by atoms with van der Waals surface area (Å²) in [5.74, 6) is -2.16. The van der Waals surface area contributed by atoms with Crippen LogP contribution in [0.25, 0.3) is 0 Å². The van der Waals surface area contributed by atoms with Gasteiger partial charge in [-0.05, 0) is 49.2 Å². The number of hydroxylamine groups is 2. The highest BCUT2D eigenvalue weighted by molar-refractivity contribution is 6.34. The number of alkyl halides is 3. The van der Waals surface area contributed by atoms with Gasteiger partial charge in [-0.3, -0.25) is 14.4 Å². The summed E-state index contributed by atoms with van der Waals surface area (Å²) in [6, 6.07) is 10.3. The first-order chi connectivity index (χ1) is 16.3. The Morgan fingerprint density at radius 2 is 1.89 bits per heavy atom. The van der Waals surface area contributed by atoms with Crippen LogP contribution in [0.3, 0.4) is 0 Å². The van der Waals surface area contributed by atoms with Crippen LogP contribution in [0, 0.1) is 12.8 Å². The quantitative estimate of drug-likeness (QED) is 0.440. The number of aryl methyl sites for hydroxylation is 1. The van der Waals surface area contributed by atoms with Gasteiger partial charge in [0.1, 0.15) is 6.54 Å². The molecule has 0 N–H and O–H groups in total. The second-order valence-corrected chi connectivity index (χ2v) is 9.71. The molecule has 0 radical (unpaired) electrons. The fourth-order valence-corrected chi connectivity index (χ4v) is 4.68. The second kappa shape index (κ2) is 9.44. The summed E-state index contributed by atoms with van der Waals surface area (Å²) in [4.78, 5) is 35.6. The Bertz CT molecular complexity index is 1200. The highest BCUT2D eigenvalue weighted by Crippen LogP contribution is 2.38. The largest absolute Gasteiger partial charge is 0.408 e. The molecule has 1 amide bonds. The normalized spacial score (nSPS) is 22.4. The van der Waals surface area contributed by atoms with E-state index in [0.717, 1.165) is 11.1 Å². The molecule has 0 aliphatic carbocycles. The third-order valence-electron chi connectivity index (χ3n) is 5.98. The maximum absolute atomic E-state index is 12.8. The zero-order valence-electron chi connectivity index (χ0n) is 18.8. The summed E-state index contributed by atoms with van der Waals surface area (Å²) in [5, 5.41) is 5.47. The standard InChI is InChI=1S/C24H21Cl2F3N2O4/c1-13-5-14(20-10-23(2,35-30-20)16-7-17(25)9-18(26)8-16)3-4-19(13)21(32)6-15-11-34-31(22(15)33)12-24(27,28)29/h3-5,7-9,15H,6,10-12H2,1-2H3/t15-,23+/m1/s1. The molecule has 2 aliphatic heterocycles. The summed E-state index contributed by atoms with van der Waals surface area (Å²) in [6.45, 7) is 1.84. The molecule has 0 unspecified atom stereocenters. The maximum Gasteiger partial charge on any atom is 0.408 e. The van der Waals surface area contributed by atoms with Crippen molar-refractivity contribution in [3.8, 4) is 0 Å². The van der Waals surface area contributed by atoms with E-state index in [1.165, 1.54) is 0 Å². The van der Waals surface area contributed by atoms with Crippen LogP contribution in [0.1, 0.15) is 46.8 Å². The maximum atomic E-state index is 12.8. The first-order valence-corrected chi connectivity index (χ1v) is 11.5. The second-order valence-electron chi connectivity index (χ2n) is 8.83. The van der Waals surface area contributed by atoms with Crippen molar-refractivity contribution in [3.05, 3.63) is 68.7 Å². The lowest BCUT2D eigenvalue weighted by Crippen LogP contribution is -2.35. The summed E-state index contributed by atoms with van der Waals surface area (Å²) in [5.41, 5.74) is 2.46. The van der Waals surface area contributed by atoms with Gasteiger partial charge in [0.25, 0.3) is 5.91 Å². The fraction of sp³-hybridized carbons (Fsp3) is 0.375. The number of nitrogens with zero attached hydrogens (tertiary/aromatic N) is 2. The Balaban J connectivity index is 1.44. The zero-order chi connectivity index (χ0) is 25.5. The van der Waals surface area contributed by atoms with Crippen molar-refractivity contribution in [2.75, 3.05) is 13.2 Å². The van der Waals surface area contributed by atoms with E-state index < -0.39 is 30.1 Å². The minimum absolute atomic E-state index is 0.245.